The monoisotopic (exact) mass is 343 g/mol. The number of aromatic nitrogens is 4. The summed E-state index contributed by atoms with van der Waals surface area (Å²) < 4.78 is 22.0. The largest absolute Gasteiger partial charge is 0.485 e. The Balaban J connectivity index is 1.39. The molecule has 1 aliphatic rings. The van der Waals surface area contributed by atoms with Crippen LogP contribution in [0, 0.1) is 0 Å². The van der Waals surface area contributed by atoms with Crippen LogP contribution in [0.5, 0.6) is 11.5 Å². The summed E-state index contributed by atoms with van der Waals surface area (Å²) >= 11 is 0. The van der Waals surface area contributed by atoms with Gasteiger partial charge in [0.05, 0.1) is 0 Å². The molecule has 130 valence electrons. The summed E-state index contributed by atoms with van der Waals surface area (Å²) in [6.07, 6.45) is 0.635. The lowest BCUT2D eigenvalue weighted by Crippen LogP contribution is -2.22. The lowest BCUT2D eigenvalue weighted by atomic mass is 10.2. The maximum absolute atomic E-state index is 5.87. The van der Waals surface area contributed by atoms with E-state index in [9.17, 15) is 0 Å². The summed E-state index contributed by atoms with van der Waals surface area (Å²) in [5.74, 6) is 3.40. The van der Waals surface area contributed by atoms with Crippen LogP contribution in [0.3, 0.4) is 0 Å². The van der Waals surface area contributed by atoms with Crippen LogP contribution >= 0.6 is 0 Å². The molecule has 9 nitrogen and oxygen atoms in total. The molecular weight excluding hydrogens is 326 g/mol. The first-order chi connectivity index (χ1) is 12.2. The summed E-state index contributed by atoms with van der Waals surface area (Å²) in [5.41, 5.74) is 0. The van der Waals surface area contributed by atoms with Gasteiger partial charge in [-0.1, -0.05) is 17.3 Å². The Labute approximate surface area is 143 Å². The zero-order chi connectivity index (χ0) is 17.2. The van der Waals surface area contributed by atoms with Crippen LogP contribution in [-0.2, 0) is 12.8 Å². The highest BCUT2D eigenvalue weighted by Gasteiger charge is 2.26. The first kappa shape index (κ1) is 15.4. The van der Waals surface area contributed by atoms with Crippen molar-refractivity contribution in [2.75, 3.05) is 25.6 Å². The highest BCUT2D eigenvalue weighted by Crippen LogP contribution is 2.35. The Hall–Kier alpha value is -3.10. The van der Waals surface area contributed by atoms with Gasteiger partial charge in [0.25, 0.3) is 5.95 Å². The standard InChI is InChI=1S/C16H17N5O4/c1-21(2)16-18-14(25-20-16)8-7-13-17-15(19-24-13)12-9-22-10-5-3-4-6-11(10)23-12/h3-6,12H,7-9H2,1-2H3. The molecule has 0 fully saturated rings. The SMILES string of the molecule is CN(C)c1noc(CCc2nc(C3COc4ccccc4O3)no2)n1. The van der Waals surface area contributed by atoms with Crippen molar-refractivity contribution in [3.8, 4) is 11.5 Å². The molecule has 0 amide bonds. The van der Waals surface area contributed by atoms with Crippen molar-refractivity contribution < 1.29 is 18.5 Å². The maximum atomic E-state index is 5.87. The topological polar surface area (TPSA) is 99.5 Å². The van der Waals surface area contributed by atoms with Gasteiger partial charge in [0.1, 0.15) is 6.61 Å². The first-order valence-electron chi connectivity index (χ1n) is 7.90. The van der Waals surface area contributed by atoms with Crippen molar-refractivity contribution in [1.82, 2.24) is 20.3 Å². The van der Waals surface area contributed by atoms with Crippen molar-refractivity contribution in [1.29, 1.82) is 0 Å². The lowest BCUT2D eigenvalue weighted by Gasteiger charge is -2.24. The minimum Gasteiger partial charge on any atom is -0.485 e. The molecule has 25 heavy (non-hydrogen) atoms. The number of rotatable bonds is 5. The normalized spacial score (nSPS) is 16.0. The molecule has 4 rings (SSSR count). The third kappa shape index (κ3) is 3.25. The average Bonchev–Trinajstić information content (AvgIpc) is 3.29. The molecule has 1 unspecified atom stereocenters. The highest BCUT2D eigenvalue weighted by molar-refractivity contribution is 5.40. The predicted molar refractivity (Wildman–Crippen MR) is 85.6 cm³/mol. The number of aryl methyl sites for hydroxylation is 2. The molecule has 2 aromatic heterocycles. The molecule has 0 bridgehead atoms. The fraction of sp³-hybridized carbons (Fsp3) is 0.375. The van der Waals surface area contributed by atoms with Gasteiger partial charge in [0.15, 0.2) is 17.6 Å². The van der Waals surface area contributed by atoms with E-state index in [1.165, 1.54) is 0 Å². The molecular formula is C16H17N5O4. The fourth-order valence-corrected chi connectivity index (χ4v) is 2.39. The number of ether oxygens (including phenoxy) is 2. The van der Waals surface area contributed by atoms with E-state index >= 15 is 0 Å². The molecule has 0 spiro atoms. The molecule has 9 heteroatoms. The van der Waals surface area contributed by atoms with Crippen LogP contribution in [-0.4, -0.2) is 41.0 Å². The van der Waals surface area contributed by atoms with E-state index in [1.54, 1.807) is 4.90 Å². The number of para-hydroxylation sites is 2. The smallest absolute Gasteiger partial charge is 0.265 e. The molecule has 0 saturated heterocycles. The van der Waals surface area contributed by atoms with Crippen LogP contribution < -0.4 is 14.4 Å². The van der Waals surface area contributed by atoms with Crippen LogP contribution in [0.2, 0.25) is 0 Å². The number of anilines is 1. The lowest BCUT2D eigenvalue weighted by molar-refractivity contribution is 0.0832. The summed E-state index contributed by atoms with van der Waals surface area (Å²) in [6, 6.07) is 7.49. The number of benzene rings is 1. The van der Waals surface area contributed by atoms with Gasteiger partial charge < -0.3 is 23.4 Å². The Morgan fingerprint density at radius 2 is 1.72 bits per heavy atom. The number of hydrogen-bond acceptors (Lipinski definition) is 9. The van der Waals surface area contributed by atoms with E-state index in [0.29, 0.717) is 48.8 Å². The van der Waals surface area contributed by atoms with E-state index in [-0.39, 0.29) is 0 Å². The number of hydrogen-bond donors (Lipinski definition) is 0. The number of nitrogens with zero attached hydrogens (tertiary/aromatic N) is 5. The molecule has 1 atom stereocenters. The van der Waals surface area contributed by atoms with Gasteiger partial charge in [-0.25, -0.2) is 0 Å². The second-order valence-corrected chi connectivity index (χ2v) is 5.79. The van der Waals surface area contributed by atoms with Gasteiger partial charge in [-0.2, -0.15) is 9.97 Å². The van der Waals surface area contributed by atoms with Crippen molar-refractivity contribution in [3.63, 3.8) is 0 Å². The Kier molecular flexibility index (Phi) is 3.96. The zero-order valence-corrected chi connectivity index (χ0v) is 13.9. The van der Waals surface area contributed by atoms with Gasteiger partial charge in [-0.15, -0.1) is 0 Å². The Morgan fingerprint density at radius 3 is 2.48 bits per heavy atom. The zero-order valence-electron chi connectivity index (χ0n) is 13.9. The molecule has 1 aromatic carbocycles. The minimum atomic E-state index is -0.392. The van der Waals surface area contributed by atoms with Crippen LogP contribution in [0.25, 0.3) is 0 Å². The van der Waals surface area contributed by atoms with E-state index in [4.69, 9.17) is 18.5 Å². The van der Waals surface area contributed by atoms with Gasteiger partial charge >= 0.3 is 0 Å². The van der Waals surface area contributed by atoms with Crippen molar-refractivity contribution in [3.05, 3.63) is 41.9 Å². The summed E-state index contributed by atoms with van der Waals surface area (Å²) in [4.78, 5) is 10.4. The van der Waals surface area contributed by atoms with Crippen LogP contribution in [0.15, 0.2) is 33.3 Å². The Bertz CT molecular complexity index is 860. The summed E-state index contributed by atoms with van der Waals surface area (Å²) in [6.45, 7) is 0.339. The summed E-state index contributed by atoms with van der Waals surface area (Å²) in [7, 11) is 3.70. The van der Waals surface area contributed by atoms with Crippen molar-refractivity contribution in [2.45, 2.75) is 18.9 Å². The fourth-order valence-electron chi connectivity index (χ4n) is 2.39. The molecule has 0 aliphatic carbocycles. The van der Waals surface area contributed by atoms with E-state index < -0.39 is 6.10 Å². The van der Waals surface area contributed by atoms with Crippen molar-refractivity contribution >= 4 is 5.95 Å². The third-order valence-corrected chi connectivity index (χ3v) is 3.69. The van der Waals surface area contributed by atoms with E-state index in [1.807, 2.05) is 38.4 Å². The molecule has 3 aromatic rings. The molecule has 3 heterocycles. The van der Waals surface area contributed by atoms with E-state index in [0.717, 1.165) is 5.75 Å². The Morgan fingerprint density at radius 1 is 1.00 bits per heavy atom. The van der Waals surface area contributed by atoms with E-state index in [2.05, 4.69) is 20.3 Å². The predicted octanol–water partition coefficient (Wildman–Crippen LogP) is 1.82. The van der Waals surface area contributed by atoms with Crippen molar-refractivity contribution in [2.24, 2.45) is 0 Å². The second-order valence-electron chi connectivity index (χ2n) is 5.79. The van der Waals surface area contributed by atoms with Gasteiger partial charge in [0.2, 0.25) is 17.6 Å². The third-order valence-electron chi connectivity index (χ3n) is 3.69. The summed E-state index contributed by atoms with van der Waals surface area (Å²) in [5, 5.41) is 7.86. The first-order valence-corrected chi connectivity index (χ1v) is 7.90. The molecule has 0 saturated carbocycles. The second kappa shape index (κ2) is 6.42. The minimum absolute atomic E-state index is 0.339. The highest BCUT2D eigenvalue weighted by atomic mass is 16.6. The maximum Gasteiger partial charge on any atom is 0.265 e. The quantitative estimate of drug-likeness (QED) is 0.686. The van der Waals surface area contributed by atoms with Gasteiger partial charge in [0, 0.05) is 26.9 Å². The van der Waals surface area contributed by atoms with Gasteiger partial charge in [-0.05, 0) is 17.3 Å². The number of fused-ring (bicyclic) bond motifs is 1. The molecule has 0 N–H and O–H groups in total. The van der Waals surface area contributed by atoms with Gasteiger partial charge in [-0.3, -0.25) is 0 Å². The van der Waals surface area contributed by atoms with Crippen LogP contribution in [0.4, 0.5) is 5.95 Å². The molecule has 0 radical (unpaired) electrons. The van der Waals surface area contributed by atoms with Crippen LogP contribution in [0.1, 0.15) is 23.7 Å². The molecule has 1 aliphatic heterocycles. The average molecular weight is 343 g/mol.